The van der Waals surface area contributed by atoms with E-state index in [1.165, 1.54) is 23.4 Å². The summed E-state index contributed by atoms with van der Waals surface area (Å²) in [5.41, 5.74) is 1.17. The van der Waals surface area contributed by atoms with E-state index < -0.39 is 29.3 Å². The molecule has 1 aliphatic rings. The van der Waals surface area contributed by atoms with Gasteiger partial charge in [-0.25, -0.2) is 8.78 Å². The Hall–Kier alpha value is -3.89. The van der Waals surface area contributed by atoms with Gasteiger partial charge in [0, 0.05) is 24.5 Å². The smallest absolute Gasteiger partial charge is 0.306 e. The Morgan fingerprint density at radius 1 is 1.14 bits per heavy atom. The van der Waals surface area contributed by atoms with Crippen LogP contribution in [0, 0.1) is 24.5 Å². The molecule has 0 unspecified atom stereocenters. The summed E-state index contributed by atoms with van der Waals surface area (Å²) in [6, 6.07) is 4.39. The summed E-state index contributed by atoms with van der Waals surface area (Å²) in [5.74, 6) is -3.70. The molecule has 1 aromatic carbocycles. The summed E-state index contributed by atoms with van der Waals surface area (Å²) in [6.07, 6.45) is 5.19. The van der Waals surface area contributed by atoms with Crippen LogP contribution in [0.4, 0.5) is 8.78 Å². The molecule has 0 radical (unpaired) electrons. The zero-order chi connectivity index (χ0) is 25.1. The van der Waals surface area contributed by atoms with Crippen LogP contribution in [0.2, 0.25) is 0 Å². The number of benzene rings is 1. The van der Waals surface area contributed by atoms with Crippen LogP contribution in [-0.2, 0) is 11.3 Å². The molecule has 0 spiro atoms. The van der Waals surface area contributed by atoms with Crippen LogP contribution in [-0.4, -0.2) is 54.2 Å². The highest BCUT2D eigenvalue weighted by Crippen LogP contribution is 2.33. The molecule has 4 rings (SSSR count). The number of aliphatic carboxylic acids is 1. The lowest BCUT2D eigenvalue weighted by molar-refractivity contribution is -0.143. The fourth-order valence-corrected chi connectivity index (χ4v) is 4.53. The molecule has 0 saturated heterocycles. The Balaban J connectivity index is 1.58. The van der Waals surface area contributed by atoms with E-state index in [9.17, 15) is 28.3 Å². The SMILES string of the molecule is Cc1c(C(=O)N(CC(=O)c2cc[nH]n2)Cc2cc(F)cc(F)c2)cnn1[C@H]1CC[C@H](C(=O)O)CC1. The first-order valence-corrected chi connectivity index (χ1v) is 11.3. The third-order valence-corrected chi connectivity index (χ3v) is 6.37. The van der Waals surface area contributed by atoms with Gasteiger partial charge in [-0.1, -0.05) is 0 Å². The van der Waals surface area contributed by atoms with E-state index in [1.807, 2.05) is 0 Å². The number of halogens is 2. The van der Waals surface area contributed by atoms with Crippen molar-refractivity contribution in [2.45, 2.75) is 45.2 Å². The fourth-order valence-electron chi connectivity index (χ4n) is 4.53. The predicted molar refractivity (Wildman–Crippen MR) is 120 cm³/mol. The Morgan fingerprint density at radius 2 is 1.83 bits per heavy atom. The number of rotatable bonds is 8. The third kappa shape index (κ3) is 5.44. The molecule has 1 fully saturated rings. The van der Waals surface area contributed by atoms with Gasteiger partial charge in [-0.15, -0.1) is 0 Å². The minimum atomic E-state index is -0.803. The van der Waals surface area contributed by atoms with Crippen molar-refractivity contribution >= 4 is 17.7 Å². The zero-order valence-electron chi connectivity index (χ0n) is 19.1. The number of nitrogens with one attached hydrogen (secondary N) is 1. The molecule has 0 aliphatic heterocycles. The molecule has 184 valence electrons. The molecule has 2 aromatic heterocycles. The van der Waals surface area contributed by atoms with Crippen molar-refractivity contribution in [3.8, 4) is 0 Å². The second kappa shape index (κ2) is 10.2. The summed E-state index contributed by atoms with van der Waals surface area (Å²) in [5, 5.41) is 20.0. The van der Waals surface area contributed by atoms with Gasteiger partial charge in [-0.05, 0) is 56.4 Å². The molecule has 2 heterocycles. The Kier molecular flexibility index (Phi) is 7.04. The number of carboxylic acids is 1. The van der Waals surface area contributed by atoms with Gasteiger partial charge in [0.2, 0.25) is 5.78 Å². The maximum atomic E-state index is 13.8. The lowest BCUT2D eigenvalue weighted by atomic mass is 9.86. The van der Waals surface area contributed by atoms with E-state index in [0.29, 0.717) is 31.4 Å². The van der Waals surface area contributed by atoms with Crippen LogP contribution >= 0.6 is 0 Å². The molecule has 1 aliphatic carbocycles. The van der Waals surface area contributed by atoms with Gasteiger partial charge in [-0.2, -0.15) is 10.2 Å². The second-order valence-electron chi connectivity index (χ2n) is 8.75. The fraction of sp³-hybridized carbons (Fsp3) is 0.375. The molecular formula is C24H25F2N5O4. The first kappa shape index (κ1) is 24.2. The van der Waals surface area contributed by atoms with Crippen molar-refractivity contribution in [1.29, 1.82) is 0 Å². The maximum Gasteiger partial charge on any atom is 0.306 e. The molecule has 2 N–H and O–H groups in total. The van der Waals surface area contributed by atoms with Crippen LogP contribution in [0.15, 0.2) is 36.7 Å². The van der Waals surface area contributed by atoms with E-state index in [2.05, 4.69) is 15.3 Å². The van der Waals surface area contributed by atoms with Crippen LogP contribution in [0.25, 0.3) is 0 Å². The largest absolute Gasteiger partial charge is 0.481 e. The number of amides is 1. The van der Waals surface area contributed by atoms with Crippen LogP contribution in [0.3, 0.4) is 0 Å². The summed E-state index contributed by atoms with van der Waals surface area (Å²) in [6.45, 7) is 1.19. The average Bonchev–Trinajstić information content (AvgIpc) is 3.48. The van der Waals surface area contributed by atoms with Gasteiger partial charge < -0.3 is 10.0 Å². The number of H-pyrrole nitrogens is 1. The van der Waals surface area contributed by atoms with Crippen molar-refractivity contribution in [3.05, 3.63) is 70.8 Å². The standard InChI is InChI=1S/C24H25F2N5O4/c1-14-20(11-28-31(14)19-4-2-16(3-5-19)24(34)35)23(33)30(13-22(32)21-6-7-27-29-21)12-15-8-17(25)10-18(26)9-15/h6-11,16,19H,2-5,12-13H2,1H3,(H,27,29)(H,34,35)/t16-,19-. The van der Waals surface area contributed by atoms with E-state index in [-0.39, 0.29) is 41.9 Å². The van der Waals surface area contributed by atoms with Gasteiger partial charge >= 0.3 is 5.97 Å². The number of carbonyl (C=O) groups excluding carboxylic acids is 2. The number of carboxylic acid groups (broad SMARTS) is 1. The number of nitrogens with zero attached hydrogens (tertiary/aromatic N) is 4. The van der Waals surface area contributed by atoms with Gasteiger partial charge in [-0.3, -0.25) is 24.2 Å². The molecular weight excluding hydrogens is 460 g/mol. The van der Waals surface area contributed by atoms with Crippen molar-refractivity contribution < 1.29 is 28.3 Å². The van der Waals surface area contributed by atoms with Gasteiger partial charge in [0.1, 0.15) is 17.3 Å². The number of carbonyl (C=O) groups is 3. The number of aromatic nitrogens is 4. The topological polar surface area (TPSA) is 121 Å². The van der Waals surface area contributed by atoms with E-state index in [4.69, 9.17) is 0 Å². The minimum Gasteiger partial charge on any atom is -0.481 e. The first-order valence-electron chi connectivity index (χ1n) is 11.3. The maximum absolute atomic E-state index is 13.8. The summed E-state index contributed by atoms with van der Waals surface area (Å²) >= 11 is 0. The molecule has 35 heavy (non-hydrogen) atoms. The minimum absolute atomic E-state index is 0.0383. The normalized spacial score (nSPS) is 17.8. The van der Waals surface area contributed by atoms with Crippen LogP contribution < -0.4 is 0 Å². The molecule has 9 nitrogen and oxygen atoms in total. The van der Waals surface area contributed by atoms with Gasteiger partial charge in [0.15, 0.2) is 0 Å². The van der Waals surface area contributed by atoms with Crippen LogP contribution in [0.5, 0.6) is 0 Å². The number of hydrogen-bond donors (Lipinski definition) is 2. The highest BCUT2D eigenvalue weighted by Gasteiger charge is 2.30. The van der Waals surface area contributed by atoms with Gasteiger partial charge in [0.25, 0.3) is 5.91 Å². The number of Topliss-reactive ketones (excluding diaryl/α,β-unsaturated/α-hetero) is 1. The van der Waals surface area contributed by atoms with E-state index >= 15 is 0 Å². The van der Waals surface area contributed by atoms with Crippen molar-refractivity contribution in [2.24, 2.45) is 5.92 Å². The number of aromatic amines is 1. The summed E-state index contributed by atoms with van der Waals surface area (Å²) in [7, 11) is 0. The average molecular weight is 485 g/mol. The Morgan fingerprint density at radius 3 is 2.43 bits per heavy atom. The molecule has 1 amide bonds. The monoisotopic (exact) mass is 485 g/mol. The second-order valence-corrected chi connectivity index (χ2v) is 8.75. The van der Waals surface area contributed by atoms with Gasteiger partial charge in [0.05, 0.1) is 30.3 Å². The van der Waals surface area contributed by atoms with Crippen molar-refractivity contribution in [1.82, 2.24) is 24.9 Å². The number of hydrogen-bond acceptors (Lipinski definition) is 5. The molecule has 1 saturated carbocycles. The highest BCUT2D eigenvalue weighted by atomic mass is 19.1. The predicted octanol–water partition coefficient (Wildman–Crippen LogP) is 3.53. The Labute approximate surface area is 199 Å². The third-order valence-electron chi connectivity index (χ3n) is 6.37. The quantitative estimate of drug-likeness (QED) is 0.471. The highest BCUT2D eigenvalue weighted by molar-refractivity contribution is 6.01. The van der Waals surface area contributed by atoms with Crippen molar-refractivity contribution in [3.63, 3.8) is 0 Å². The van der Waals surface area contributed by atoms with E-state index in [1.54, 1.807) is 11.6 Å². The van der Waals surface area contributed by atoms with Crippen molar-refractivity contribution in [2.75, 3.05) is 6.54 Å². The summed E-state index contributed by atoms with van der Waals surface area (Å²) < 4.78 is 29.3. The van der Waals surface area contributed by atoms with E-state index in [0.717, 1.165) is 18.2 Å². The van der Waals surface area contributed by atoms with Crippen LogP contribution in [0.1, 0.15) is 63.8 Å². The lowest BCUT2D eigenvalue weighted by Gasteiger charge is -2.27. The molecule has 3 aromatic rings. The lowest BCUT2D eigenvalue weighted by Crippen LogP contribution is -2.36. The number of ketones is 1. The first-order chi connectivity index (χ1) is 16.7. The molecule has 11 heteroatoms. The molecule has 0 bridgehead atoms. The molecule has 0 atom stereocenters. The summed E-state index contributed by atoms with van der Waals surface area (Å²) in [4.78, 5) is 38.7. The zero-order valence-corrected chi connectivity index (χ0v) is 19.1. The Bertz CT molecular complexity index is 1210.